The number of carboxylic acid groups (broad SMARTS) is 1. The first-order valence-corrected chi connectivity index (χ1v) is 5.06. The van der Waals surface area contributed by atoms with Crippen molar-refractivity contribution < 1.29 is 19.0 Å². The number of halogens is 1. The second-order valence-electron chi connectivity index (χ2n) is 3.69. The van der Waals surface area contributed by atoms with E-state index in [9.17, 15) is 9.18 Å². The number of aliphatic carboxylic acids is 1. The largest absolute Gasteiger partial charge is 0.477 e. The van der Waals surface area contributed by atoms with E-state index in [1.165, 1.54) is 18.2 Å². The maximum absolute atomic E-state index is 13.3. The molecular weight excluding hydrogens is 213 g/mol. The molecule has 0 spiro atoms. The lowest BCUT2D eigenvalue weighted by Gasteiger charge is -2.25. The fourth-order valence-corrected chi connectivity index (χ4v) is 1.74. The van der Waals surface area contributed by atoms with E-state index in [4.69, 9.17) is 9.84 Å². The third kappa shape index (κ3) is 1.86. The molecule has 1 atom stereocenters. The van der Waals surface area contributed by atoms with Crippen molar-refractivity contribution >= 4 is 5.97 Å². The van der Waals surface area contributed by atoms with Gasteiger partial charge < -0.3 is 9.84 Å². The number of rotatable bonds is 3. The fraction of sp³-hybridized carbons (Fsp3) is 0.364. The van der Waals surface area contributed by atoms with Crippen LogP contribution in [-0.4, -0.2) is 23.3 Å². The van der Waals surface area contributed by atoms with Gasteiger partial charge in [-0.25, -0.2) is 9.18 Å². The highest BCUT2D eigenvalue weighted by molar-refractivity contribution is 5.77. The maximum atomic E-state index is 13.3. The van der Waals surface area contributed by atoms with E-state index in [1.807, 2.05) is 0 Å². The SMILES string of the molecule is O=C(O)[C@@]1(Oc2ccccc2F)CCCN1. The van der Waals surface area contributed by atoms with Gasteiger partial charge in [0.15, 0.2) is 11.6 Å². The first kappa shape index (κ1) is 10.9. The minimum absolute atomic E-state index is 0.0423. The number of carbonyl (C=O) groups is 1. The number of ether oxygens (including phenoxy) is 1. The molecule has 1 saturated heterocycles. The average Bonchev–Trinajstić information content (AvgIpc) is 2.71. The Hall–Kier alpha value is -1.62. The van der Waals surface area contributed by atoms with Crippen molar-refractivity contribution in [2.24, 2.45) is 0 Å². The summed E-state index contributed by atoms with van der Waals surface area (Å²) in [6.07, 6.45) is 1.03. The molecule has 4 nitrogen and oxygen atoms in total. The molecule has 0 aliphatic carbocycles. The van der Waals surface area contributed by atoms with E-state index in [-0.39, 0.29) is 5.75 Å². The maximum Gasteiger partial charge on any atom is 0.363 e. The number of carboxylic acids is 1. The molecule has 0 amide bonds. The summed E-state index contributed by atoms with van der Waals surface area (Å²) in [5.74, 6) is -1.72. The first-order valence-electron chi connectivity index (χ1n) is 5.06. The number of nitrogens with one attached hydrogen (secondary N) is 1. The summed E-state index contributed by atoms with van der Waals surface area (Å²) in [6, 6.07) is 5.78. The molecule has 1 aliphatic rings. The predicted octanol–water partition coefficient (Wildman–Crippen LogP) is 1.37. The van der Waals surface area contributed by atoms with Gasteiger partial charge in [0, 0.05) is 6.42 Å². The summed E-state index contributed by atoms with van der Waals surface area (Å²) in [4.78, 5) is 11.1. The monoisotopic (exact) mass is 225 g/mol. The Bertz CT molecular complexity index is 402. The van der Waals surface area contributed by atoms with Crippen LogP contribution in [0.3, 0.4) is 0 Å². The van der Waals surface area contributed by atoms with Crippen LogP contribution in [0.1, 0.15) is 12.8 Å². The first-order chi connectivity index (χ1) is 7.64. The molecule has 0 saturated carbocycles. The minimum Gasteiger partial charge on any atom is -0.477 e. The van der Waals surface area contributed by atoms with Crippen molar-refractivity contribution in [1.82, 2.24) is 5.32 Å². The van der Waals surface area contributed by atoms with Crippen LogP contribution >= 0.6 is 0 Å². The quantitative estimate of drug-likeness (QED) is 0.815. The molecule has 1 heterocycles. The van der Waals surface area contributed by atoms with Crippen LogP contribution in [0, 0.1) is 5.82 Å². The zero-order valence-corrected chi connectivity index (χ0v) is 8.57. The van der Waals surface area contributed by atoms with Gasteiger partial charge in [-0.05, 0) is 25.1 Å². The van der Waals surface area contributed by atoms with Crippen LogP contribution in [0.25, 0.3) is 0 Å². The van der Waals surface area contributed by atoms with E-state index in [1.54, 1.807) is 6.07 Å². The molecule has 0 bridgehead atoms. The van der Waals surface area contributed by atoms with Crippen molar-refractivity contribution in [3.8, 4) is 5.75 Å². The van der Waals surface area contributed by atoms with Crippen LogP contribution in [-0.2, 0) is 4.79 Å². The molecule has 0 radical (unpaired) electrons. The highest BCUT2D eigenvalue weighted by Gasteiger charge is 2.44. The topological polar surface area (TPSA) is 58.6 Å². The molecule has 0 unspecified atom stereocenters. The zero-order chi connectivity index (χ0) is 11.6. The average molecular weight is 225 g/mol. The number of benzene rings is 1. The molecule has 0 aromatic heterocycles. The molecule has 2 N–H and O–H groups in total. The lowest BCUT2D eigenvalue weighted by molar-refractivity contribution is -0.157. The van der Waals surface area contributed by atoms with Gasteiger partial charge in [-0.15, -0.1) is 0 Å². The summed E-state index contributed by atoms with van der Waals surface area (Å²) in [5, 5.41) is 11.9. The zero-order valence-electron chi connectivity index (χ0n) is 8.57. The second kappa shape index (κ2) is 4.09. The summed E-state index contributed by atoms with van der Waals surface area (Å²) >= 11 is 0. The summed E-state index contributed by atoms with van der Waals surface area (Å²) in [5.41, 5.74) is -1.48. The van der Waals surface area contributed by atoms with E-state index < -0.39 is 17.5 Å². The molecular formula is C11H12FNO3. The lowest BCUT2D eigenvalue weighted by Crippen LogP contribution is -2.52. The molecule has 5 heteroatoms. The number of hydrogen-bond donors (Lipinski definition) is 2. The third-order valence-corrected chi connectivity index (χ3v) is 2.58. The Balaban J connectivity index is 2.25. The van der Waals surface area contributed by atoms with Gasteiger partial charge in [0.2, 0.25) is 0 Å². The van der Waals surface area contributed by atoms with Gasteiger partial charge in [-0.2, -0.15) is 0 Å². The second-order valence-corrected chi connectivity index (χ2v) is 3.69. The Morgan fingerprint density at radius 1 is 1.50 bits per heavy atom. The summed E-state index contributed by atoms with van der Waals surface area (Å²) < 4.78 is 18.6. The van der Waals surface area contributed by atoms with Crippen molar-refractivity contribution in [1.29, 1.82) is 0 Å². The van der Waals surface area contributed by atoms with E-state index >= 15 is 0 Å². The molecule has 16 heavy (non-hydrogen) atoms. The standard InChI is InChI=1S/C11H12FNO3/c12-8-4-1-2-5-9(8)16-11(10(14)15)6-3-7-13-11/h1-2,4-5,13H,3,6-7H2,(H,14,15)/t11-/m0/s1. The highest BCUT2D eigenvalue weighted by Crippen LogP contribution is 2.26. The fourth-order valence-electron chi connectivity index (χ4n) is 1.74. The van der Waals surface area contributed by atoms with Gasteiger partial charge in [0.05, 0.1) is 0 Å². The lowest BCUT2D eigenvalue weighted by atomic mass is 10.1. The molecule has 2 rings (SSSR count). The van der Waals surface area contributed by atoms with Gasteiger partial charge in [-0.1, -0.05) is 12.1 Å². The van der Waals surface area contributed by atoms with E-state index in [0.29, 0.717) is 19.4 Å². The summed E-state index contributed by atoms with van der Waals surface area (Å²) in [7, 11) is 0. The number of para-hydroxylation sites is 1. The van der Waals surface area contributed by atoms with Gasteiger partial charge in [0.1, 0.15) is 0 Å². The van der Waals surface area contributed by atoms with Crippen molar-refractivity contribution in [3.63, 3.8) is 0 Å². The van der Waals surface area contributed by atoms with Crippen LogP contribution in [0.5, 0.6) is 5.75 Å². The van der Waals surface area contributed by atoms with Crippen LogP contribution < -0.4 is 10.1 Å². The summed E-state index contributed by atoms with van der Waals surface area (Å²) in [6.45, 7) is 0.556. The van der Waals surface area contributed by atoms with Crippen molar-refractivity contribution in [3.05, 3.63) is 30.1 Å². The van der Waals surface area contributed by atoms with Crippen LogP contribution in [0.15, 0.2) is 24.3 Å². The predicted molar refractivity (Wildman–Crippen MR) is 54.6 cm³/mol. The molecule has 86 valence electrons. The Morgan fingerprint density at radius 2 is 2.25 bits per heavy atom. The molecule has 1 fully saturated rings. The van der Waals surface area contributed by atoms with Crippen molar-refractivity contribution in [2.75, 3.05) is 6.54 Å². The molecule has 1 aliphatic heterocycles. The molecule has 1 aromatic rings. The molecule has 1 aromatic carbocycles. The third-order valence-electron chi connectivity index (χ3n) is 2.58. The van der Waals surface area contributed by atoms with Gasteiger partial charge in [0.25, 0.3) is 5.72 Å². The smallest absolute Gasteiger partial charge is 0.363 e. The van der Waals surface area contributed by atoms with Gasteiger partial charge >= 0.3 is 5.97 Å². The van der Waals surface area contributed by atoms with Crippen molar-refractivity contribution in [2.45, 2.75) is 18.6 Å². The van der Waals surface area contributed by atoms with E-state index in [2.05, 4.69) is 5.32 Å². The minimum atomic E-state index is -1.48. The Morgan fingerprint density at radius 3 is 2.81 bits per heavy atom. The Kier molecular flexibility index (Phi) is 2.78. The highest BCUT2D eigenvalue weighted by atomic mass is 19.1. The van der Waals surface area contributed by atoms with Crippen LogP contribution in [0.4, 0.5) is 4.39 Å². The Labute approximate surface area is 92.0 Å². The number of hydrogen-bond acceptors (Lipinski definition) is 3. The van der Waals surface area contributed by atoms with Crippen LogP contribution in [0.2, 0.25) is 0 Å². The normalized spacial score (nSPS) is 24.3. The van der Waals surface area contributed by atoms with E-state index in [0.717, 1.165) is 0 Å². The van der Waals surface area contributed by atoms with Gasteiger partial charge in [-0.3, -0.25) is 5.32 Å².